The quantitative estimate of drug-likeness (QED) is 0.361. The van der Waals surface area contributed by atoms with Crippen LogP contribution in [0, 0.1) is 0 Å². The van der Waals surface area contributed by atoms with Gasteiger partial charge in [0.1, 0.15) is 0 Å². The van der Waals surface area contributed by atoms with Crippen LogP contribution in [0.2, 0.25) is 0 Å². The highest BCUT2D eigenvalue weighted by atomic mass is 32.3. The van der Waals surface area contributed by atoms with E-state index in [2.05, 4.69) is 14.4 Å². The van der Waals surface area contributed by atoms with E-state index in [1.165, 1.54) is 0 Å². The number of hydrogen-bond donors (Lipinski definition) is 2. The second-order valence-corrected chi connectivity index (χ2v) is 4.05. The van der Waals surface area contributed by atoms with Gasteiger partial charge in [-0.15, -0.1) is 0 Å². The monoisotopic (exact) mass is 259 g/mol. The molecule has 0 spiro atoms. The molecule has 1 unspecified atom stereocenters. The Morgan fingerprint density at radius 2 is 2.00 bits per heavy atom. The zero-order valence-electron chi connectivity index (χ0n) is 9.00. The maximum Gasteiger partial charge on any atom is 0.415 e. The Morgan fingerprint density at radius 3 is 2.56 bits per heavy atom. The van der Waals surface area contributed by atoms with Crippen molar-refractivity contribution in [3.63, 3.8) is 0 Å². The summed E-state index contributed by atoms with van der Waals surface area (Å²) in [6, 6.07) is 0. The summed E-state index contributed by atoms with van der Waals surface area (Å²) in [5.41, 5.74) is 0. The van der Waals surface area contributed by atoms with E-state index in [0.29, 0.717) is 6.61 Å². The van der Waals surface area contributed by atoms with Crippen molar-refractivity contribution in [1.29, 1.82) is 0 Å². The molecule has 0 rings (SSSR count). The van der Waals surface area contributed by atoms with Gasteiger partial charge in [-0.25, -0.2) is 4.18 Å². The van der Waals surface area contributed by atoms with Crippen LogP contribution in [0.5, 0.6) is 0 Å². The van der Waals surface area contributed by atoms with Crippen LogP contribution in [0.1, 0.15) is 6.92 Å². The molecule has 8 nitrogen and oxygen atoms in total. The molecule has 0 aliphatic heterocycles. The summed E-state index contributed by atoms with van der Waals surface area (Å²) in [6.45, 7) is 2.10. The van der Waals surface area contributed by atoms with Crippen LogP contribution in [-0.2, 0) is 28.3 Å². The summed E-state index contributed by atoms with van der Waals surface area (Å²) >= 11 is 0. The van der Waals surface area contributed by atoms with Crippen LogP contribution in [0.25, 0.3) is 0 Å². The largest absolute Gasteiger partial charge is 0.415 e. The van der Waals surface area contributed by atoms with Gasteiger partial charge in [-0.3, -0.25) is 0 Å². The minimum atomic E-state index is -4.10. The van der Waals surface area contributed by atoms with E-state index in [1.54, 1.807) is 6.92 Å². The van der Waals surface area contributed by atoms with Crippen molar-refractivity contribution in [3.05, 3.63) is 0 Å². The zero-order chi connectivity index (χ0) is 12.4. The second kappa shape index (κ2) is 8.82. The lowest BCUT2D eigenvalue weighted by Gasteiger charge is -2.12. The molecule has 0 aromatic heterocycles. The molecule has 0 aliphatic rings. The lowest BCUT2D eigenvalue weighted by atomic mass is 10.4. The van der Waals surface area contributed by atoms with Crippen LogP contribution in [-0.4, -0.2) is 52.7 Å². The van der Waals surface area contributed by atoms with Gasteiger partial charge in [-0.1, -0.05) is 0 Å². The zero-order valence-corrected chi connectivity index (χ0v) is 9.81. The number of aliphatic hydroxyl groups is 1. The van der Waals surface area contributed by atoms with E-state index in [-0.39, 0.29) is 32.5 Å². The van der Waals surface area contributed by atoms with Gasteiger partial charge in [0.05, 0.1) is 39.1 Å². The van der Waals surface area contributed by atoms with Crippen LogP contribution < -0.4 is 5.90 Å². The maximum absolute atomic E-state index is 10.6. The molecule has 0 saturated carbocycles. The molecule has 0 aliphatic carbocycles. The Morgan fingerprint density at radius 1 is 1.31 bits per heavy atom. The number of aliphatic hydroxyl groups excluding tert-OH is 1. The molecule has 0 amide bonds. The first-order chi connectivity index (χ1) is 7.52. The van der Waals surface area contributed by atoms with E-state index < -0.39 is 10.4 Å². The second-order valence-electron chi connectivity index (χ2n) is 2.81. The third kappa shape index (κ3) is 8.97. The smallest absolute Gasteiger partial charge is 0.394 e. The first-order valence-corrected chi connectivity index (χ1v) is 5.93. The predicted octanol–water partition coefficient (Wildman–Crippen LogP) is -1.45. The molecule has 16 heavy (non-hydrogen) atoms. The minimum Gasteiger partial charge on any atom is -0.394 e. The standard InChI is InChI=1S/C7H17NO7S/c1-7(6-12-3-2-9)13-4-5-14-16(10,11)15-8/h7,9H,2-6,8H2,1H3. The number of nitrogens with two attached hydrogens (primary N) is 1. The van der Waals surface area contributed by atoms with E-state index in [9.17, 15) is 8.42 Å². The van der Waals surface area contributed by atoms with E-state index in [1.807, 2.05) is 0 Å². The lowest BCUT2D eigenvalue weighted by molar-refractivity contribution is -0.0230. The molecule has 0 fully saturated rings. The number of hydrogen-bond acceptors (Lipinski definition) is 8. The number of rotatable bonds is 10. The number of ether oxygens (including phenoxy) is 2. The third-order valence-electron chi connectivity index (χ3n) is 1.42. The fourth-order valence-corrected chi connectivity index (χ4v) is 1.10. The minimum absolute atomic E-state index is 0.0537. The van der Waals surface area contributed by atoms with Crippen LogP contribution in [0.4, 0.5) is 0 Å². The molecule has 3 N–H and O–H groups in total. The van der Waals surface area contributed by atoms with E-state index >= 15 is 0 Å². The first-order valence-electron chi connectivity index (χ1n) is 4.59. The van der Waals surface area contributed by atoms with Crippen molar-refractivity contribution in [3.8, 4) is 0 Å². The predicted molar refractivity (Wildman–Crippen MR) is 53.5 cm³/mol. The molecular weight excluding hydrogens is 242 g/mol. The molecule has 0 saturated heterocycles. The van der Waals surface area contributed by atoms with Crippen molar-refractivity contribution < 1.29 is 31.5 Å². The van der Waals surface area contributed by atoms with Crippen LogP contribution in [0.15, 0.2) is 0 Å². The summed E-state index contributed by atoms with van der Waals surface area (Å²) in [7, 11) is -4.10. The Kier molecular flexibility index (Phi) is 8.66. The Balaban J connectivity index is 3.44. The Labute approximate surface area is 94.5 Å². The topological polar surface area (TPSA) is 117 Å². The summed E-state index contributed by atoms with van der Waals surface area (Å²) in [6.07, 6.45) is -0.225. The van der Waals surface area contributed by atoms with Gasteiger partial charge in [0.25, 0.3) is 0 Å². The highest BCUT2D eigenvalue weighted by Crippen LogP contribution is 1.95. The average Bonchev–Trinajstić information content (AvgIpc) is 2.25. The normalized spacial score (nSPS) is 13.9. The molecular formula is C7H17NO7S. The Hall–Kier alpha value is -0.290. The van der Waals surface area contributed by atoms with E-state index in [0.717, 1.165) is 0 Å². The van der Waals surface area contributed by atoms with Crippen molar-refractivity contribution >= 4 is 10.4 Å². The third-order valence-corrected chi connectivity index (χ3v) is 2.11. The summed E-state index contributed by atoms with van der Waals surface area (Å²) in [5, 5.41) is 8.43. The molecule has 0 bridgehead atoms. The van der Waals surface area contributed by atoms with Crippen LogP contribution in [0.3, 0.4) is 0 Å². The molecule has 1 atom stereocenters. The Bertz CT molecular complexity index is 255. The highest BCUT2D eigenvalue weighted by molar-refractivity contribution is 7.81. The molecule has 9 heteroatoms. The van der Waals surface area contributed by atoms with Gasteiger partial charge in [-0.05, 0) is 6.92 Å². The fraction of sp³-hybridized carbons (Fsp3) is 1.00. The van der Waals surface area contributed by atoms with Gasteiger partial charge in [-0.2, -0.15) is 18.6 Å². The molecule has 0 radical (unpaired) electrons. The highest BCUT2D eigenvalue weighted by Gasteiger charge is 2.09. The van der Waals surface area contributed by atoms with Gasteiger partial charge >= 0.3 is 10.4 Å². The SMILES string of the molecule is CC(COCCO)OCCOS(=O)(=O)ON. The van der Waals surface area contributed by atoms with E-state index in [4.69, 9.17) is 14.6 Å². The van der Waals surface area contributed by atoms with Gasteiger partial charge in [0.15, 0.2) is 0 Å². The molecule has 0 heterocycles. The summed E-state index contributed by atoms with van der Waals surface area (Å²) in [4.78, 5) is 0. The maximum atomic E-state index is 10.6. The van der Waals surface area contributed by atoms with Crippen molar-refractivity contribution in [2.75, 3.05) is 33.0 Å². The first kappa shape index (κ1) is 15.7. The van der Waals surface area contributed by atoms with Crippen molar-refractivity contribution in [2.45, 2.75) is 13.0 Å². The van der Waals surface area contributed by atoms with Gasteiger partial charge in [0.2, 0.25) is 0 Å². The van der Waals surface area contributed by atoms with Gasteiger partial charge in [0, 0.05) is 0 Å². The average molecular weight is 259 g/mol. The van der Waals surface area contributed by atoms with Crippen molar-refractivity contribution in [1.82, 2.24) is 0 Å². The fourth-order valence-electron chi connectivity index (χ4n) is 0.775. The summed E-state index contributed by atoms with van der Waals surface area (Å²) in [5.74, 6) is 4.43. The van der Waals surface area contributed by atoms with Crippen molar-refractivity contribution in [2.24, 2.45) is 5.90 Å². The van der Waals surface area contributed by atoms with Gasteiger partial charge < -0.3 is 14.6 Å². The lowest BCUT2D eigenvalue weighted by Crippen LogP contribution is -2.22. The summed E-state index contributed by atoms with van der Waals surface area (Å²) < 4.78 is 39.1. The molecule has 0 aromatic carbocycles. The molecule has 0 aromatic rings. The van der Waals surface area contributed by atoms with Crippen LogP contribution >= 0.6 is 0 Å². The molecule has 98 valence electrons.